The first-order valence-corrected chi connectivity index (χ1v) is 9.24. The number of nitrogens with one attached hydrogen (secondary N) is 2. The highest BCUT2D eigenvalue weighted by Gasteiger charge is 2.28. The molecule has 1 unspecified atom stereocenters. The first kappa shape index (κ1) is 19.9. The summed E-state index contributed by atoms with van der Waals surface area (Å²) in [5, 5.41) is 5.63. The van der Waals surface area contributed by atoms with Gasteiger partial charge in [-0.2, -0.15) is 0 Å². The molecule has 0 saturated carbocycles. The van der Waals surface area contributed by atoms with Crippen LogP contribution in [-0.2, 0) is 11.3 Å². The number of piperidine rings is 1. The molecule has 0 aliphatic carbocycles. The van der Waals surface area contributed by atoms with Crippen molar-refractivity contribution in [2.24, 2.45) is 5.92 Å². The maximum atomic E-state index is 13.4. The predicted octanol–water partition coefficient (Wildman–Crippen LogP) is 3.36. The van der Waals surface area contributed by atoms with E-state index in [9.17, 15) is 18.4 Å². The van der Waals surface area contributed by atoms with E-state index in [4.69, 9.17) is 4.42 Å². The maximum absolute atomic E-state index is 13.4. The molecule has 1 atom stereocenters. The Morgan fingerprint density at radius 1 is 1.21 bits per heavy atom. The van der Waals surface area contributed by atoms with Crippen molar-refractivity contribution in [1.82, 2.24) is 15.5 Å². The Morgan fingerprint density at radius 2 is 1.96 bits per heavy atom. The van der Waals surface area contributed by atoms with Crippen molar-refractivity contribution in [3.8, 4) is 0 Å². The summed E-state index contributed by atoms with van der Waals surface area (Å²) in [4.78, 5) is 26.4. The fraction of sp³-hybridized carbons (Fsp3) is 0.400. The van der Waals surface area contributed by atoms with Crippen LogP contribution < -0.4 is 10.6 Å². The lowest BCUT2D eigenvalue weighted by Gasteiger charge is -2.32. The minimum atomic E-state index is -0.938. The lowest BCUT2D eigenvalue weighted by atomic mass is 9.95. The van der Waals surface area contributed by atoms with Crippen molar-refractivity contribution in [3.05, 3.63) is 59.6 Å². The van der Waals surface area contributed by atoms with Gasteiger partial charge in [-0.1, -0.05) is 6.07 Å². The molecule has 1 aromatic heterocycles. The Morgan fingerprint density at radius 3 is 2.61 bits per heavy atom. The fourth-order valence-corrected chi connectivity index (χ4v) is 3.23. The molecule has 28 heavy (non-hydrogen) atoms. The van der Waals surface area contributed by atoms with Gasteiger partial charge in [0, 0.05) is 19.0 Å². The number of urea groups is 1. The quantitative estimate of drug-likeness (QED) is 0.821. The number of furan rings is 1. The fourth-order valence-electron chi connectivity index (χ4n) is 3.23. The summed E-state index contributed by atoms with van der Waals surface area (Å²) in [6.07, 6.45) is 2.64. The van der Waals surface area contributed by atoms with Crippen LogP contribution >= 0.6 is 0 Å². The highest BCUT2D eigenvalue weighted by molar-refractivity contribution is 5.80. The SMILES string of the molecule is CC(NC(=O)C1CCN(C(=O)NCc2ccco2)CC1)c1ccc(F)c(F)c1. The number of likely N-dealkylation sites (tertiary alicyclic amines) is 1. The number of hydrogen-bond acceptors (Lipinski definition) is 3. The highest BCUT2D eigenvalue weighted by atomic mass is 19.2. The topological polar surface area (TPSA) is 74.6 Å². The van der Waals surface area contributed by atoms with Crippen molar-refractivity contribution < 1.29 is 22.8 Å². The normalized spacial score (nSPS) is 15.9. The highest BCUT2D eigenvalue weighted by Crippen LogP contribution is 2.21. The molecule has 8 heteroatoms. The van der Waals surface area contributed by atoms with Crippen molar-refractivity contribution in [2.45, 2.75) is 32.4 Å². The van der Waals surface area contributed by atoms with E-state index in [1.54, 1.807) is 30.2 Å². The van der Waals surface area contributed by atoms with E-state index in [-0.39, 0.29) is 17.9 Å². The average Bonchev–Trinajstić information content (AvgIpc) is 3.22. The Kier molecular flexibility index (Phi) is 6.28. The molecular formula is C20H23F2N3O3. The molecule has 2 aromatic rings. The smallest absolute Gasteiger partial charge is 0.317 e. The summed E-state index contributed by atoms with van der Waals surface area (Å²) < 4.78 is 31.6. The second kappa shape index (κ2) is 8.86. The zero-order chi connectivity index (χ0) is 20.1. The number of nitrogens with zero attached hydrogens (tertiary/aromatic N) is 1. The lowest BCUT2D eigenvalue weighted by molar-refractivity contribution is -0.126. The van der Waals surface area contributed by atoms with Gasteiger partial charge in [0.25, 0.3) is 0 Å². The molecule has 1 saturated heterocycles. The van der Waals surface area contributed by atoms with E-state index in [0.717, 1.165) is 12.1 Å². The van der Waals surface area contributed by atoms with Crippen LogP contribution in [-0.4, -0.2) is 29.9 Å². The van der Waals surface area contributed by atoms with Gasteiger partial charge in [-0.25, -0.2) is 13.6 Å². The molecule has 0 bridgehead atoms. The third-order valence-corrected chi connectivity index (χ3v) is 4.95. The van der Waals surface area contributed by atoms with Crippen LogP contribution in [0.4, 0.5) is 13.6 Å². The van der Waals surface area contributed by atoms with Crippen molar-refractivity contribution in [2.75, 3.05) is 13.1 Å². The number of carbonyl (C=O) groups excluding carboxylic acids is 2. The van der Waals surface area contributed by atoms with E-state index >= 15 is 0 Å². The molecule has 1 aliphatic rings. The molecule has 2 heterocycles. The molecule has 2 N–H and O–H groups in total. The van der Waals surface area contributed by atoms with Gasteiger partial charge < -0.3 is 20.0 Å². The number of rotatable bonds is 5. The van der Waals surface area contributed by atoms with E-state index in [1.165, 1.54) is 6.07 Å². The summed E-state index contributed by atoms with van der Waals surface area (Å²) in [5.74, 6) is -1.55. The number of hydrogen-bond donors (Lipinski definition) is 2. The minimum absolute atomic E-state index is 0.145. The van der Waals surface area contributed by atoms with Gasteiger partial charge in [-0.05, 0) is 49.6 Å². The molecule has 6 nitrogen and oxygen atoms in total. The minimum Gasteiger partial charge on any atom is -0.467 e. The lowest BCUT2D eigenvalue weighted by Crippen LogP contribution is -2.46. The van der Waals surface area contributed by atoms with Crippen molar-refractivity contribution in [1.29, 1.82) is 0 Å². The van der Waals surface area contributed by atoms with Crippen LogP contribution in [0.1, 0.15) is 37.1 Å². The maximum Gasteiger partial charge on any atom is 0.317 e. The average molecular weight is 391 g/mol. The standard InChI is InChI=1S/C20H23F2N3O3/c1-13(15-4-5-17(21)18(22)11-15)24-19(26)14-6-8-25(9-7-14)20(27)23-12-16-3-2-10-28-16/h2-5,10-11,13-14H,6-9,12H2,1H3,(H,23,27)(H,24,26). The summed E-state index contributed by atoms with van der Waals surface area (Å²) in [6, 6.07) is 6.51. The van der Waals surface area contributed by atoms with E-state index in [1.807, 2.05) is 0 Å². The van der Waals surface area contributed by atoms with Crippen LogP contribution in [0.2, 0.25) is 0 Å². The van der Waals surface area contributed by atoms with Crippen LogP contribution in [0.15, 0.2) is 41.0 Å². The number of benzene rings is 1. The van der Waals surface area contributed by atoms with Gasteiger partial charge in [0.1, 0.15) is 5.76 Å². The summed E-state index contributed by atoms with van der Waals surface area (Å²) in [5.41, 5.74) is 0.502. The summed E-state index contributed by atoms with van der Waals surface area (Å²) >= 11 is 0. The number of amides is 3. The molecule has 1 aromatic carbocycles. The van der Waals surface area contributed by atoms with Crippen LogP contribution in [0.5, 0.6) is 0 Å². The van der Waals surface area contributed by atoms with Gasteiger partial charge in [0.15, 0.2) is 11.6 Å². The van der Waals surface area contributed by atoms with Gasteiger partial charge in [0.05, 0.1) is 18.8 Å². The number of halogens is 2. The largest absolute Gasteiger partial charge is 0.467 e. The van der Waals surface area contributed by atoms with Gasteiger partial charge in [-0.15, -0.1) is 0 Å². The third-order valence-electron chi connectivity index (χ3n) is 4.95. The predicted molar refractivity (Wildman–Crippen MR) is 98.2 cm³/mol. The van der Waals surface area contributed by atoms with E-state index < -0.39 is 17.7 Å². The van der Waals surface area contributed by atoms with Crippen LogP contribution in [0, 0.1) is 17.6 Å². The van der Waals surface area contributed by atoms with E-state index in [2.05, 4.69) is 10.6 Å². The zero-order valence-electron chi connectivity index (χ0n) is 15.6. The van der Waals surface area contributed by atoms with Crippen LogP contribution in [0.3, 0.4) is 0 Å². The molecule has 1 aliphatic heterocycles. The van der Waals surface area contributed by atoms with E-state index in [0.29, 0.717) is 43.8 Å². The van der Waals surface area contributed by atoms with Gasteiger partial charge in [-0.3, -0.25) is 4.79 Å². The second-order valence-electron chi connectivity index (χ2n) is 6.90. The Labute approximate surface area is 161 Å². The molecular weight excluding hydrogens is 368 g/mol. The summed E-state index contributed by atoms with van der Waals surface area (Å²) in [7, 11) is 0. The Bertz CT molecular complexity index is 818. The van der Waals surface area contributed by atoms with Gasteiger partial charge >= 0.3 is 6.03 Å². The molecule has 150 valence electrons. The first-order valence-electron chi connectivity index (χ1n) is 9.24. The Balaban J connectivity index is 1.45. The van der Waals surface area contributed by atoms with Crippen LogP contribution in [0.25, 0.3) is 0 Å². The molecule has 3 amide bonds. The first-order chi connectivity index (χ1) is 13.4. The molecule has 1 fully saturated rings. The third kappa shape index (κ3) is 4.88. The number of carbonyl (C=O) groups is 2. The monoisotopic (exact) mass is 391 g/mol. The molecule has 0 spiro atoms. The van der Waals surface area contributed by atoms with Gasteiger partial charge in [0.2, 0.25) is 5.91 Å². The van der Waals surface area contributed by atoms with Crippen molar-refractivity contribution >= 4 is 11.9 Å². The molecule has 0 radical (unpaired) electrons. The van der Waals surface area contributed by atoms with Crippen molar-refractivity contribution in [3.63, 3.8) is 0 Å². The summed E-state index contributed by atoms with van der Waals surface area (Å²) in [6.45, 7) is 2.99. The second-order valence-corrected chi connectivity index (χ2v) is 6.90. The zero-order valence-corrected chi connectivity index (χ0v) is 15.6. The Hall–Kier alpha value is -2.90. The molecule has 3 rings (SSSR count).